The Labute approximate surface area is 210 Å². The van der Waals surface area contributed by atoms with Crippen LogP contribution >= 0.6 is 0 Å². The van der Waals surface area contributed by atoms with Crippen LogP contribution in [0.4, 0.5) is 0 Å². The predicted molar refractivity (Wildman–Crippen MR) is 135 cm³/mol. The maximum atomic E-state index is 11.7. The van der Waals surface area contributed by atoms with E-state index in [1.807, 2.05) is 0 Å². The molecular weight excluding hydrogens is 464 g/mol. The molecule has 0 bridgehead atoms. The summed E-state index contributed by atoms with van der Waals surface area (Å²) in [5.74, 6) is -2.18. The monoisotopic (exact) mass is 492 g/mol. The van der Waals surface area contributed by atoms with Crippen molar-refractivity contribution in [3.8, 4) is 0 Å². The molecule has 36 heavy (non-hydrogen) atoms. The van der Waals surface area contributed by atoms with E-state index in [0.29, 0.717) is 11.1 Å². The minimum Gasteiger partial charge on any atom is -0.458 e. The van der Waals surface area contributed by atoms with Crippen LogP contribution in [0.3, 0.4) is 0 Å². The van der Waals surface area contributed by atoms with Gasteiger partial charge in [-0.2, -0.15) is 0 Å². The first-order valence-electron chi connectivity index (χ1n) is 10.7. The Morgan fingerprint density at radius 2 is 0.861 bits per heavy atom. The number of rotatable bonds is 12. The van der Waals surface area contributed by atoms with Crippen molar-refractivity contribution < 1.29 is 38.1 Å². The molecule has 0 saturated carbocycles. The molecule has 0 saturated heterocycles. The van der Waals surface area contributed by atoms with Gasteiger partial charge in [-0.25, -0.2) is 19.2 Å². The van der Waals surface area contributed by atoms with E-state index >= 15 is 0 Å². The molecule has 0 atom stereocenters. The SMILES string of the molecule is C=CCOC(=O)c1cccc(C(=O)OCC=C)c1.C=CCOC(=O)c1ccccc1C(=O)OCC=C. The van der Waals surface area contributed by atoms with E-state index in [-0.39, 0.29) is 37.6 Å². The summed E-state index contributed by atoms with van der Waals surface area (Å²) < 4.78 is 19.5. The molecule has 0 amide bonds. The topological polar surface area (TPSA) is 105 Å². The molecule has 8 heteroatoms. The lowest BCUT2D eigenvalue weighted by Crippen LogP contribution is -2.14. The van der Waals surface area contributed by atoms with Gasteiger partial charge in [-0.3, -0.25) is 0 Å². The fraction of sp³-hybridized carbons (Fsp3) is 0.143. The highest BCUT2D eigenvalue weighted by Crippen LogP contribution is 2.12. The molecule has 188 valence electrons. The highest BCUT2D eigenvalue weighted by molar-refractivity contribution is 6.03. The maximum Gasteiger partial charge on any atom is 0.339 e. The standard InChI is InChI=1S/2C14H14O4/c1-3-9-17-13(15)11-7-5-6-8-12(11)14(16)18-10-4-2;1-3-8-17-13(15)11-6-5-7-12(10-11)14(16)18-9-4-2/h3-8H,1-2,9-10H2;3-7,10H,1-2,8-9H2. The number of benzene rings is 2. The van der Waals surface area contributed by atoms with Crippen molar-refractivity contribution in [2.45, 2.75) is 0 Å². The van der Waals surface area contributed by atoms with E-state index in [1.165, 1.54) is 42.5 Å². The minimum atomic E-state index is -0.582. The molecule has 2 aromatic rings. The first-order chi connectivity index (χ1) is 17.4. The lowest BCUT2D eigenvalue weighted by atomic mass is 10.1. The van der Waals surface area contributed by atoms with Gasteiger partial charge >= 0.3 is 23.9 Å². The molecule has 2 rings (SSSR count). The minimum absolute atomic E-state index is 0.0921. The Morgan fingerprint density at radius 3 is 1.19 bits per heavy atom. The van der Waals surface area contributed by atoms with Crippen molar-refractivity contribution in [1.29, 1.82) is 0 Å². The molecule has 0 spiro atoms. The Bertz CT molecular complexity index is 1020. The van der Waals surface area contributed by atoms with E-state index in [0.717, 1.165) is 0 Å². The molecule has 8 nitrogen and oxygen atoms in total. The van der Waals surface area contributed by atoms with Gasteiger partial charge in [0.1, 0.15) is 26.4 Å². The van der Waals surface area contributed by atoms with Crippen LogP contribution in [0.2, 0.25) is 0 Å². The molecule has 0 aliphatic carbocycles. The second-order valence-corrected chi connectivity index (χ2v) is 6.67. The van der Waals surface area contributed by atoms with E-state index < -0.39 is 23.9 Å². The van der Waals surface area contributed by atoms with Gasteiger partial charge in [0.15, 0.2) is 0 Å². The van der Waals surface area contributed by atoms with Crippen molar-refractivity contribution in [2.24, 2.45) is 0 Å². The summed E-state index contributed by atoms with van der Waals surface area (Å²) in [6, 6.07) is 12.5. The average molecular weight is 493 g/mol. The fourth-order valence-electron chi connectivity index (χ4n) is 2.47. The van der Waals surface area contributed by atoms with Crippen molar-refractivity contribution in [3.63, 3.8) is 0 Å². The van der Waals surface area contributed by atoms with Crippen molar-refractivity contribution >= 4 is 23.9 Å². The van der Waals surface area contributed by atoms with Crippen molar-refractivity contribution in [2.75, 3.05) is 26.4 Å². The van der Waals surface area contributed by atoms with Gasteiger partial charge in [0.2, 0.25) is 0 Å². The van der Waals surface area contributed by atoms with Gasteiger partial charge in [0, 0.05) is 0 Å². The third-order valence-corrected chi connectivity index (χ3v) is 4.03. The lowest BCUT2D eigenvalue weighted by Gasteiger charge is -2.07. The molecule has 0 aliphatic heterocycles. The van der Waals surface area contributed by atoms with E-state index in [2.05, 4.69) is 26.3 Å². The van der Waals surface area contributed by atoms with Gasteiger partial charge in [0.05, 0.1) is 22.3 Å². The summed E-state index contributed by atoms with van der Waals surface area (Å²) in [5, 5.41) is 0. The second kappa shape index (κ2) is 16.8. The molecule has 0 aliphatic rings. The third kappa shape index (κ3) is 10.0. The van der Waals surface area contributed by atoms with Gasteiger partial charge in [-0.1, -0.05) is 68.8 Å². The van der Waals surface area contributed by atoms with E-state index in [9.17, 15) is 19.2 Å². The Morgan fingerprint density at radius 1 is 0.528 bits per heavy atom. The number of carbonyl (C=O) groups is 4. The molecular formula is C28H28O8. The molecule has 0 aromatic heterocycles. The first kappa shape index (κ1) is 29.3. The quantitative estimate of drug-likeness (QED) is 0.238. The number of hydrogen-bond acceptors (Lipinski definition) is 8. The second-order valence-electron chi connectivity index (χ2n) is 6.67. The van der Waals surface area contributed by atoms with E-state index in [4.69, 9.17) is 18.9 Å². The summed E-state index contributed by atoms with van der Waals surface area (Å²) >= 11 is 0. The third-order valence-electron chi connectivity index (χ3n) is 4.03. The number of carbonyl (C=O) groups excluding carboxylic acids is 4. The molecule has 2 aromatic carbocycles. The maximum absolute atomic E-state index is 11.7. The number of ether oxygens (including phenoxy) is 4. The van der Waals surface area contributed by atoms with Crippen LogP contribution in [0.5, 0.6) is 0 Å². The van der Waals surface area contributed by atoms with Gasteiger partial charge < -0.3 is 18.9 Å². The fourth-order valence-corrected chi connectivity index (χ4v) is 2.47. The van der Waals surface area contributed by atoms with Crippen LogP contribution in [0, 0.1) is 0 Å². The number of esters is 4. The van der Waals surface area contributed by atoms with Crippen molar-refractivity contribution in [3.05, 3.63) is 121 Å². The van der Waals surface area contributed by atoms with Crippen LogP contribution in [0.1, 0.15) is 41.4 Å². The predicted octanol–water partition coefficient (Wildman–Crippen LogP) is 4.74. The first-order valence-corrected chi connectivity index (χ1v) is 10.7. The highest BCUT2D eigenvalue weighted by atomic mass is 16.5. The summed E-state index contributed by atoms with van der Waals surface area (Å²) in [7, 11) is 0. The lowest BCUT2D eigenvalue weighted by molar-refractivity contribution is 0.0503. The van der Waals surface area contributed by atoms with Crippen LogP contribution in [0.15, 0.2) is 99.2 Å². The highest BCUT2D eigenvalue weighted by Gasteiger charge is 2.18. The molecule has 0 heterocycles. The molecule has 0 fully saturated rings. The van der Waals surface area contributed by atoms with E-state index in [1.54, 1.807) is 30.3 Å². The van der Waals surface area contributed by atoms with Crippen LogP contribution in [-0.2, 0) is 18.9 Å². The zero-order chi connectivity index (χ0) is 26.8. The van der Waals surface area contributed by atoms with Crippen molar-refractivity contribution in [1.82, 2.24) is 0 Å². The normalized spacial score (nSPS) is 9.33. The summed E-state index contributed by atoms with van der Waals surface area (Å²) in [5.41, 5.74) is 0.941. The van der Waals surface area contributed by atoms with Crippen LogP contribution in [0.25, 0.3) is 0 Å². The zero-order valence-electron chi connectivity index (χ0n) is 19.9. The summed E-state index contributed by atoms with van der Waals surface area (Å²) in [6.45, 7) is 14.2. The van der Waals surface area contributed by atoms with Gasteiger partial charge in [-0.05, 0) is 30.3 Å². The zero-order valence-corrected chi connectivity index (χ0v) is 19.9. The number of hydrogen-bond donors (Lipinski definition) is 0. The smallest absolute Gasteiger partial charge is 0.339 e. The Hall–Kier alpha value is -4.72. The molecule has 0 unspecified atom stereocenters. The Kier molecular flexibility index (Phi) is 13.7. The summed E-state index contributed by atoms with van der Waals surface area (Å²) in [6.07, 6.45) is 5.85. The van der Waals surface area contributed by atoms with Gasteiger partial charge in [-0.15, -0.1) is 0 Å². The van der Waals surface area contributed by atoms with Crippen LogP contribution < -0.4 is 0 Å². The van der Waals surface area contributed by atoms with Crippen LogP contribution in [-0.4, -0.2) is 50.3 Å². The van der Waals surface area contributed by atoms with Gasteiger partial charge in [0.25, 0.3) is 0 Å². The average Bonchev–Trinajstić information content (AvgIpc) is 2.92. The molecule has 0 N–H and O–H groups in total. The molecule has 0 radical (unpaired) electrons. The largest absolute Gasteiger partial charge is 0.458 e. The Balaban J connectivity index is 0.000000360. The summed E-state index contributed by atoms with van der Waals surface area (Å²) in [4.78, 5) is 46.5.